The fourth-order valence-electron chi connectivity index (χ4n) is 0.961. The van der Waals surface area contributed by atoms with Crippen molar-refractivity contribution >= 4 is 17.4 Å². The molecule has 12 heavy (non-hydrogen) atoms. The number of hydrogen-bond acceptors (Lipinski definition) is 1. The average molecular weight is 180 g/mol. The normalized spacial score (nSPS) is 10.6. The van der Waals surface area contributed by atoms with Crippen molar-refractivity contribution in [3.8, 4) is 5.75 Å². The lowest BCUT2D eigenvalue weighted by Crippen LogP contribution is -2.10. The topological polar surface area (TPSA) is 20.2 Å². The van der Waals surface area contributed by atoms with Gasteiger partial charge in [0, 0.05) is 0 Å². The molecule has 2 heteroatoms. The number of rotatable bonds is 0. The Labute approximate surface area is 84.6 Å². The number of aromatic hydroxyl groups is 1. The highest BCUT2D eigenvalue weighted by Crippen LogP contribution is 2.23. The molecule has 0 spiro atoms. The van der Waals surface area contributed by atoms with Crippen LogP contribution in [0.3, 0.4) is 0 Å². The van der Waals surface area contributed by atoms with Crippen LogP contribution in [0, 0.1) is 0 Å². The van der Waals surface area contributed by atoms with Gasteiger partial charge < -0.3 is 5.11 Å². The third-order valence-electron chi connectivity index (χ3n) is 1.73. The lowest BCUT2D eigenvalue weighted by atomic mass is 9.87. The van der Waals surface area contributed by atoms with Crippen LogP contribution in [-0.2, 0) is 5.41 Å². The Morgan fingerprint density at radius 1 is 1.00 bits per heavy atom. The second kappa shape index (κ2) is 3.98. The maximum absolute atomic E-state index is 9.02. The summed E-state index contributed by atoms with van der Waals surface area (Å²) < 4.78 is 0. The van der Waals surface area contributed by atoms with E-state index in [2.05, 4.69) is 20.8 Å². The Morgan fingerprint density at radius 3 is 1.75 bits per heavy atom. The summed E-state index contributed by atoms with van der Waals surface area (Å²) in [6.45, 7) is 6.46. The van der Waals surface area contributed by atoms with Crippen molar-refractivity contribution in [2.45, 2.75) is 26.2 Å². The maximum atomic E-state index is 9.02. The van der Waals surface area contributed by atoms with Gasteiger partial charge in [-0.05, 0) is 23.1 Å². The van der Waals surface area contributed by atoms with E-state index in [1.54, 1.807) is 12.1 Å². The molecule has 0 radical (unpaired) electrons. The predicted octanol–water partition coefficient (Wildman–Crippen LogP) is 1.51. The van der Waals surface area contributed by atoms with Crippen LogP contribution in [0.4, 0.5) is 0 Å². The molecule has 1 aromatic carbocycles. The fraction of sp³-hybridized carbons (Fsp3) is 0.400. The fourth-order valence-corrected chi connectivity index (χ4v) is 0.961. The smallest absolute Gasteiger partial charge is 0.187 e. The first kappa shape index (κ1) is 11.6. The summed E-state index contributed by atoms with van der Waals surface area (Å²) in [6.07, 6.45) is 0. The van der Waals surface area contributed by atoms with Crippen molar-refractivity contribution in [3.63, 3.8) is 0 Å². The molecule has 0 saturated heterocycles. The third-order valence-corrected chi connectivity index (χ3v) is 1.73. The zero-order valence-corrected chi connectivity index (χ0v) is 7.26. The summed E-state index contributed by atoms with van der Waals surface area (Å²) >= 11 is 0. The van der Waals surface area contributed by atoms with Crippen molar-refractivity contribution < 1.29 is 5.11 Å². The molecule has 0 aliphatic carbocycles. The highest BCUT2D eigenvalue weighted by molar-refractivity contribution is 5.75. The van der Waals surface area contributed by atoms with Gasteiger partial charge in [-0.25, -0.2) is 0 Å². The zero-order chi connectivity index (χ0) is 8.48. The predicted molar refractivity (Wildman–Crippen MR) is 56.7 cm³/mol. The summed E-state index contributed by atoms with van der Waals surface area (Å²) in [7, 11) is 0. The summed E-state index contributed by atoms with van der Waals surface area (Å²) in [5.74, 6) is 0.331. The first-order chi connectivity index (χ1) is 5.00. The second-order valence-corrected chi connectivity index (χ2v) is 3.80. The van der Waals surface area contributed by atoms with E-state index in [-0.39, 0.29) is 22.8 Å². The van der Waals surface area contributed by atoms with Crippen LogP contribution in [-0.4, -0.2) is 22.5 Å². The van der Waals surface area contributed by atoms with Gasteiger partial charge in [-0.1, -0.05) is 32.9 Å². The number of benzene rings is 1. The highest BCUT2D eigenvalue weighted by Gasteiger charge is 2.12. The van der Waals surface area contributed by atoms with E-state index in [0.29, 0.717) is 5.75 Å². The molecule has 0 atom stereocenters. The van der Waals surface area contributed by atoms with E-state index >= 15 is 0 Å². The molecule has 66 valence electrons. The molecule has 0 saturated carbocycles. The van der Waals surface area contributed by atoms with Crippen molar-refractivity contribution in [1.29, 1.82) is 0 Å². The summed E-state index contributed by atoms with van der Waals surface area (Å²) in [6, 6.07) is 7.35. The number of hydrogen-bond donors (Lipinski definition) is 1. The Morgan fingerprint density at radius 2 is 1.42 bits per heavy atom. The number of phenols is 1. The lowest BCUT2D eigenvalue weighted by Gasteiger charge is -2.18. The van der Waals surface area contributed by atoms with E-state index < -0.39 is 0 Å². The molecule has 0 aromatic heterocycles. The molecule has 0 aliphatic heterocycles. The van der Waals surface area contributed by atoms with Gasteiger partial charge in [0.05, 0.1) is 0 Å². The monoisotopic (exact) mass is 180 g/mol. The van der Waals surface area contributed by atoms with Crippen molar-refractivity contribution in [3.05, 3.63) is 29.8 Å². The molecule has 0 fully saturated rings. The molecule has 0 heterocycles. The van der Waals surface area contributed by atoms with Crippen LogP contribution < -0.4 is 0 Å². The second-order valence-electron chi connectivity index (χ2n) is 3.80. The first-order valence-corrected chi connectivity index (χ1v) is 3.79. The molecule has 1 aromatic rings. The first-order valence-electron chi connectivity index (χ1n) is 3.79. The third kappa shape index (κ3) is 2.89. The molecular formula is C10H17AlO. The lowest BCUT2D eigenvalue weighted by molar-refractivity contribution is 0.474. The molecule has 0 bridgehead atoms. The summed E-state index contributed by atoms with van der Waals surface area (Å²) in [4.78, 5) is 0. The van der Waals surface area contributed by atoms with E-state index in [0.717, 1.165) is 0 Å². The maximum Gasteiger partial charge on any atom is 0.187 e. The molecule has 0 aliphatic rings. The van der Waals surface area contributed by atoms with Crippen LogP contribution >= 0.6 is 0 Å². The largest absolute Gasteiger partial charge is 0.508 e. The van der Waals surface area contributed by atoms with Gasteiger partial charge in [0.25, 0.3) is 0 Å². The van der Waals surface area contributed by atoms with Crippen LogP contribution in [0.5, 0.6) is 5.75 Å². The number of phenolic OH excluding ortho intramolecular Hbond substituents is 1. The van der Waals surface area contributed by atoms with E-state index in [1.807, 2.05) is 12.1 Å². The van der Waals surface area contributed by atoms with E-state index in [4.69, 9.17) is 5.11 Å². The SMILES string of the molecule is CC(C)(C)c1ccc(O)cc1.[AlH3]. The van der Waals surface area contributed by atoms with Crippen molar-refractivity contribution in [2.75, 3.05) is 0 Å². The zero-order valence-electron chi connectivity index (χ0n) is 7.26. The molecule has 1 rings (SSSR count). The van der Waals surface area contributed by atoms with Crippen LogP contribution in [0.15, 0.2) is 24.3 Å². The van der Waals surface area contributed by atoms with E-state index in [1.165, 1.54) is 5.56 Å². The molecule has 1 N–H and O–H groups in total. The van der Waals surface area contributed by atoms with Crippen LogP contribution in [0.1, 0.15) is 26.3 Å². The van der Waals surface area contributed by atoms with Gasteiger partial charge in [0.1, 0.15) is 5.75 Å². The van der Waals surface area contributed by atoms with Gasteiger partial charge in [-0.15, -0.1) is 0 Å². The minimum absolute atomic E-state index is 0. The van der Waals surface area contributed by atoms with Gasteiger partial charge >= 0.3 is 0 Å². The van der Waals surface area contributed by atoms with Gasteiger partial charge in [0.15, 0.2) is 17.4 Å². The standard InChI is InChI=1S/C10H14O.Al.3H/c1-10(2,3)8-4-6-9(11)7-5-8;;;;/h4-7,11H,1-3H3;;;;. The minimum atomic E-state index is 0. The van der Waals surface area contributed by atoms with Crippen LogP contribution in [0.2, 0.25) is 0 Å². The Balaban J connectivity index is 0.00000121. The quantitative estimate of drug-likeness (QED) is 0.600. The summed E-state index contributed by atoms with van der Waals surface area (Å²) in [5, 5.41) is 9.02. The van der Waals surface area contributed by atoms with Gasteiger partial charge in [0.2, 0.25) is 0 Å². The van der Waals surface area contributed by atoms with Gasteiger partial charge in [-0.2, -0.15) is 0 Å². The molecule has 0 amide bonds. The van der Waals surface area contributed by atoms with Crippen LogP contribution in [0.25, 0.3) is 0 Å². The Bertz CT molecular complexity index is 233. The molecule has 1 nitrogen and oxygen atoms in total. The Kier molecular flexibility index (Phi) is 3.83. The molecular weight excluding hydrogens is 163 g/mol. The van der Waals surface area contributed by atoms with Crippen molar-refractivity contribution in [2.24, 2.45) is 0 Å². The van der Waals surface area contributed by atoms with Gasteiger partial charge in [-0.3, -0.25) is 0 Å². The Hall–Kier alpha value is -0.448. The minimum Gasteiger partial charge on any atom is -0.508 e. The van der Waals surface area contributed by atoms with E-state index in [9.17, 15) is 0 Å². The molecule has 0 unspecified atom stereocenters. The average Bonchev–Trinajstić information content (AvgIpc) is 1.86. The summed E-state index contributed by atoms with van der Waals surface area (Å²) in [5.41, 5.74) is 1.42. The van der Waals surface area contributed by atoms with Crippen molar-refractivity contribution in [1.82, 2.24) is 0 Å². The highest BCUT2D eigenvalue weighted by atomic mass is 27.0.